The molecular weight excluding hydrogens is 250 g/mol. The third kappa shape index (κ3) is 7.09. The predicted molar refractivity (Wildman–Crippen MR) is 72.1 cm³/mol. The Morgan fingerprint density at radius 1 is 1.21 bits per heavy atom. The van der Waals surface area contributed by atoms with E-state index in [4.69, 9.17) is 15.9 Å². The van der Waals surface area contributed by atoms with Gasteiger partial charge < -0.3 is 21.3 Å². The molecule has 0 radical (unpaired) electrons. The molecular formula is C12H25N3O4. The quantitative estimate of drug-likeness (QED) is 0.537. The molecule has 0 atom stereocenters. The number of aliphatic carboxylic acids is 2. The lowest BCUT2D eigenvalue weighted by Crippen LogP contribution is -2.54. The van der Waals surface area contributed by atoms with Crippen molar-refractivity contribution in [3.05, 3.63) is 0 Å². The Kier molecular flexibility index (Phi) is 8.29. The van der Waals surface area contributed by atoms with Crippen LogP contribution in [0.4, 0.5) is 0 Å². The highest BCUT2D eigenvalue weighted by molar-refractivity contribution is 5.78. The molecule has 19 heavy (non-hydrogen) atoms. The van der Waals surface area contributed by atoms with E-state index in [0.29, 0.717) is 25.9 Å². The average Bonchev–Trinajstić information content (AvgIpc) is 2.37. The van der Waals surface area contributed by atoms with Gasteiger partial charge in [0.15, 0.2) is 0 Å². The molecule has 0 aromatic heterocycles. The lowest BCUT2D eigenvalue weighted by molar-refractivity contribution is -0.144. The fraction of sp³-hybridized carbons (Fsp3) is 0.833. The van der Waals surface area contributed by atoms with E-state index in [-0.39, 0.29) is 6.54 Å². The maximum Gasteiger partial charge on any atom is 0.323 e. The number of piperidine rings is 1. The molecule has 5 N–H and O–H groups in total. The number of nitrogens with one attached hydrogen (secondary N) is 1. The molecule has 0 bridgehead atoms. The van der Waals surface area contributed by atoms with Gasteiger partial charge in [0.1, 0.15) is 5.54 Å². The monoisotopic (exact) mass is 275 g/mol. The molecule has 0 aliphatic carbocycles. The Morgan fingerprint density at radius 2 is 1.68 bits per heavy atom. The molecule has 0 aromatic carbocycles. The number of carbonyl (C=O) groups is 2. The minimum atomic E-state index is -0.967. The van der Waals surface area contributed by atoms with Crippen LogP contribution in [-0.4, -0.2) is 65.3 Å². The average molecular weight is 275 g/mol. The second-order valence-electron chi connectivity index (χ2n) is 4.57. The zero-order valence-corrected chi connectivity index (χ0v) is 11.7. The molecule has 1 fully saturated rings. The fourth-order valence-electron chi connectivity index (χ4n) is 1.73. The number of likely N-dealkylation sites (N-methyl/N-ethyl adjacent to an activating group) is 1. The smallest absolute Gasteiger partial charge is 0.323 e. The predicted octanol–water partition coefficient (Wildman–Crippen LogP) is -0.435. The number of carboxylic acids is 2. The third-order valence-electron chi connectivity index (χ3n) is 3.18. The van der Waals surface area contributed by atoms with Crippen LogP contribution >= 0.6 is 0 Å². The van der Waals surface area contributed by atoms with Crippen molar-refractivity contribution in [3.63, 3.8) is 0 Å². The number of hydrogen-bond donors (Lipinski definition) is 4. The summed E-state index contributed by atoms with van der Waals surface area (Å²) in [6, 6.07) is 0. The molecule has 0 unspecified atom stereocenters. The highest BCUT2D eigenvalue weighted by Crippen LogP contribution is 2.14. The number of rotatable bonds is 5. The van der Waals surface area contributed by atoms with Gasteiger partial charge in [-0.05, 0) is 39.0 Å². The van der Waals surface area contributed by atoms with E-state index in [1.165, 1.54) is 0 Å². The first kappa shape index (κ1) is 17.8. The van der Waals surface area contributed by atoms with E-state index in [0.717, 1.165) is 13.1 Å². The summed E-state index contributed by atoms with van der Waals surface area (Å²) in [7, 11) is 0. The Labute approximate surface area is 113 Å². The molecule has 1 aliphatic rings. The fourth-order valence-corrected chi connectivity index (χ4v) is 1.73. The van der Waals surface area contributed by atoms with Gasteiger partial charge in [0.2, 0.25) is 0 Å². The van der Waals surface area contributed by atoms with Crippen LogP contribution in [0.15, 0.2) is 0 Å². The van der Waals surface area contributed by atoms with Crippen LogP contribution in [0, 0.1) is 0 Å². The molecule has 1 aliphatic heterocycles. The van der Waals surface area contributed by atoms with Crippen molar-refractivity contribution < 1.29 is 19.8 Å². The number of nitrogens with zero attached hydrogens (tertiary/aromatic N) is 1. The van der Waals surface area contributed by atoms with E-state index in [2.05, 4.69) is 5.32 Å². The highest BCUT2D eigenvalue weighted by atomic mass is 16.4. The zero-order chi connectivity index (χ0) is 14.9. The molecule has 7 nitrogen and oxygen atoms in total. The van der Waals surface area contributed by atoms with Gasteiger partial charge in [-0.15, -0.1) is 0 Å². The number of carboxylic acid groups (broad SMARTS) is 2. The minimum absolute atomic E-state index is 0.160. The van der Waals surface area contributed by atoms with Crippen molar-refractivity contribution in [2.45, 2.75) is 32.2 Å². The standard InChI is InChI=1S/C6H12N2O2.C6H13NO2/c7-6(5(9)10)1-3-8-4-2-6;1-3-7(4-2)5-6(8)9/h8H,1-4,7H2,(H,9,10);3-5H2,1-2H3,(H,8,9). The molecule has 0 saturated carbocycles. The Bertz CT molecular complexity index is 287. The molecule has 0 aromatic rings. The first-order chi connectivity index (χ1) is 8.85. The van der Waals surface area contributed by atoms with Gasteiger partial charge in [0, 0.05) is 0 Å². The van der Waals surface area contributed by atoms with E-state index >= 15 is 0 Å². The molecule has 7 heteroatoms. The zero-order valence-electron chi connectivity index (χ0n) is 11.7. The van der Waals surface area contributed by atoms with Crippen LogP contribution in [0.2, 0.25) is 0 Å². The third-order valence-corrected chi connectivity index (χ3v) is 3.18. The summed E-state index contributed by atoms with van der Waals surface area (Å²) in [5, 5.41) is 20.0. The maximum atomic E-state index is 10.5. The SMILES string of the molecule is CCN(CC)CC(=O)O.NC1(C(=O)O)CCNCC1. The summed E-state index contributed by atoms with van der Waals surface area (Å²) in [4.78, 5) is 22.5. The summed E-state index contributed by atoms with van der Waals surface area (Å²) >= 11 is 0. The van der Waals surface area contributed by atoms with Gasteiger partial charge >= 0.3 is 11.9 Å². The topological polar surface area (TPSA) is 116 Å². The first-order valence-corrected chi connectivity index (χ1v) is 6.52. The van der Waals surface area contributed by atoms with Crippen LogP contribution in [0.5, 0.6) is 0 Å². The van der Waals surface area contributed by atoms with Crippen molar-refractivity contribution in [3.8, 4) is 0 Å². The van der Waals surface area contributed by atoms with Gasteiger partial charge in [-0.25, -0.2) is 0 Å². The Morgan fingerprint density at radius 3 is 1.89 bits per heavy atom. The lowest BCUT2D eigenvalue weighted by atomic mass is 9.90. The van der Waals surface area contributed by atoms with Crippen molar-refractivity contribution in [2.24, 2.45) is 5.73 Å². The second-order valence-corrected chi connectivity index (χ2v) is 4.57. The van der Waals surface area contributed by atoms with E-state index in [1.54, 1.807) is 0 Å². The van der Waals surface area contributed by atoms with Crippen LogP contribution in [0.1, 0.15) is 26.7 Å². The molecule has 1 rings (SSSR count). The van der Waals surface area contributed by atoms with Crippen LogP contribution in [0.25, 0.3) is 0 Å². The molecule has 1 heterocycles. The second kappa shape index (κ2) is 8.84. The maximum absolute atomic E-state index is 10.5. The number of hydrogen-bond acceptors (Lipinski definition) is 5. The Balaban J connectivity index is 0.000000344. The van der Waals surface area contributed by atoms with Gasteiger partial charge in [-0.2, -0.15) is 0 Å². The van der Waals surface area contributed by atoms with E-state index < -0.39 is 17.5 Å². The summed E-state index contributed by atoms with van der Waals surface area (Å²) in [5.41, 5.74) is 4.60. The van der Waals surface area contributed by atoms with E-state index in [1.807, 2.05) is 18.7 Å². The van der Waals surface area contributed by atoms with Crippen LogP contribution in [0.3, 0.4) is 0 Å². The molecule has 0 spiro atoms. The van der Waals surface area contributed by atoms with Gasteiger partial charge in [-0.3, -0.25) is 14.5 Å². The van der Waals surface area contributed by atoms with Crippen LogP contribution < -0.4 is 11.1 Å². The molecule has 0 amide bonds. The lowest BCUT2D eigenvalue weighted by Gasteiger charge is -2.29. The molecule has 1 saturated heterocycles. The molecule has 112 valence electrons. The largest absolute Gasteiger partial charge is 0.480 e. The van der Waals surface area contributed by atoms with Gasteiger partial charge in [0.05, 0.1) is 6.54 Å². The van der Waals surface area contributed by atoms with Crippen molar-refractivity contribution >= 4 is 11.9 Å². The van der Waals surface area contributed by atoms with Crippen molar-refractivity contribution in [1.82, 2.24) is 10.2 Å². The van der Waals surface area contributed by atoms with Crippen molar-refractivity contribution in [2.75, 3.05) is 32.7 Å². The summed E-state index contributed by atoms with van der Waals surface area (Å²) in [5.74, 6) is -1.63. The number of nitrogens with two attached hydrogens (primary N) is 1. The van der Waals surface area contributed by atoms with Gasteiger partial charge in [0.25, 0.3) is 0 Å². The van der Waals surface area contributed by atoms with Crippen LogP contribution in [-0.2, 0) is 9.59 Å². The summed E-state index contributed by atoms with van der Waals surface area (Å²) in [6.45, 7) is 7.10. The summed E-state index contributed by atoms with van der Waals surface area (Å²) in [6.07, 6.45) is 1.06. The normalized spacial score (nSPS) is 17.5. The summed E-state index contributed by atoms with van der Waals surface area (Å²) < 4.78 is 0. The van der Waals surface area contributed by atoms with Crippen molar-refractivity contribution in [1.29, 1.82) is 0 Å². The highest BCUT2D eigenvalue weighted by Gasteiger charge is 2.34. The van der Waals surface area contributed by atoms with Gasteiger partial charge in [-0.1, -0.05) is 13.8 Å². The van der Waals surface area contributed by atoms with E-state index in [9.17, 15) is 9.59 Å². The Hall–Kier alpha value is -1.18. The first-order valence-electron chi connectivity index (χ1n) is 6.52. The minimum Gasteiger partial charge on any atom is -0.480 e.